The van der Waals surface area contributed by atoms with Gasteiger partial charge in [0, 0.05) is 11.5 Å². The van der Waals surface area contributed by atoms with E-state index in [1.807, 2.05) is 24.3 Å². The van der Waals surface area contributed by atoms with E-state index in [-0.39, 0.29) is 0 Å². The Morgan fingerprint density at radius 1 is 1.21 bits per heavy atom. The highest BCUT2D eigenvalue weighted by Crippen LogP contribution is 2.39. The largest absolute Gasteiger partial charge is 0.495 e. The minimum atomic E-state index is 0.388. The molecule has 3 aromatic rings. The third-order valence-corrected chi connectivity index (χ3v) is 4.64. The first-order valence-electron chi connectivity index (χ1n) is 6.83. The van der Waals surface area contributed by atoms with E-state index in [2.05, 4.69) is 32.3 Å². The van der Waals surface area contributed by atoms with E-state index >= 15 is 0 Å². The fraction of sp³-hybridized carbons (Fsp3) is 0.0588. The zero-order valence-electron chi connectivity index (χ0n) is 12.4. The predicted octanol–water partition coefficient (Wildman–Crippen LogP) is 5.93. The second-order valence-corrected chi connectivity index (χ2v) is 6.44. The van der Waals surface area contributed by atoms with Crippen molar-refractivity contribution in [2.45, 2.75) is 0 Å². The van der Waals surface area contributed by atoms with Crippen molar-refractivity contribution in [1.82, 2.24) is 4.98 Å². The van der Waals surface area contributed by atoms with E-state index in [1.54, 1.807) is 12.1 Å². The molecule has 0 atom stereocenters. The van der Waals surface area contributed by atoms with Crippen molar-refractivity contribution < 1.29 is 4.74 Å². The van der Waals surface area contributed by atoms with Crippen LogP contribution in [-0.2, 0) is 0 Å². The summed E-state index contributed by atoms with van der Waals surface area (Å²) in [7, 11) is 1.53. The maximum Gasteiger partial charge on any atom is 0.139 e. The lowest BCUT2D eigenvalue weighted by Crippen LogP contribution is -1.99. The molecule has 24 heavy (non-hydrogen) atoms. The van der Waals surface area contributed by atoms with Gasteiger partial charge in [-0.2, -0.15) is 5.26 Å². The number of para-hydroxylation sites is 1. The maximum absolute atomic E-state index is 9.51. The summed E-state index contributed by atoms with van der Waals surface area (Å²) in [6, 6.07) is 13.0. The predicted molar refractivity (Wildman–Crippen MR) is 100 cm³/mol. The highest BCUT2D eigenvalue weighted by atomic mass is 79.9. The van der Waals surface area contributed by atoms with Crippen molar-refractivity contribution in [2.75, 3.05) is 12.4 Å². The Kier molecular flexibility index (Phi) is 4.81. The first-order valence-corrected chi connectivity index (χ1v) is 8.38. The molecule has 0 fully saturated rings. The summed E-state index contributed by atoms with van der Waals surface area (Å²) in [5, 5.41) is 14.4. The molecular formula is C17H10BrCl2N3O. The Labute approximate surface area is 157 Å². The van der Waals surface area contributed by atoms with E-state index in [4.69, 9.17) is 27.9 Å². The zero-order valence-corrected chi connectivity index (χ0v) is 15.5. The van der Waals surface area contributed by atoms with Crippen molar-refractivity contribution in [2.24, 2.45) is 0 Å². The fourth-order valence-corrected chi connectivity index (χ4v) is 3.32. The number of nitriles is 1. The molecule has 0 aliphatic heterocycles. The van der Waals surface area contributed by atoms with Crippen LogP contribution in [0.1, 0.15) is 5.56 Å². The molecule has 0 bridgehead atoms. The van der Waals surface area contributed by atoms with Crippen LogP contribution < -0.4 is 10.1 Å². The molecule has 1 aromatic heterocycles. The van der Waals surface area contributed by atoms with Crippen LogP contribution in [0, 0.1) is 11.3 Å². The first kappa shape index (κ1) is 16.8. The Balaban J connectivity index is 2.22. The smallest absolute Gasteiger partial charge is 0.139 e. The Morgan fingerprint density at radius 3 is 2.67 bits per heavy atom. The molecule has 4 nitrogen and oxygen atoms in total. The molecule has 0 saturated carbocycles. The van der Waals surface area contributed by atoms with Crippen LogP contribution in [0.4, 0.5) is 11.4 Å². The average molecular weight is 423 g/mol. The van der Waals surface area contributed by atoms with Gasteiger partial charge < -0.3 is 10.1 Å². The highest BCUT2D eigenvalue weighted by Gasteiger charge is 2.16. The van der Waals surface area contributed by atoms with Gasteiger partial charge >= 0.3 is 0 Å². The topological polar surface area (TPSA) is 57.9 Å². The molecule has 0 saturated heterocycles. The van der Waals surface area contributed by atoms with Gasteiger partial charge in [-0.3, -0.25) is 0 Å². The van der Waals surface area contributed by atoms with E-state index < -0.39 is 0 Å². The van der Waals surface area contributed by atoms with Gasteiger partial charge in [0.25, 0.3) is 0 Å². The molecule has 0 spiro atoms. The monoisotopic (exact) mass is 421 g/mol. The fourth-order valence-electron chi connectivity index (χ4n) is 2.33. The van der Waals surface area contributed by atoms with E-state index in [0.717, 1.165) is 10.9 Å². The second kappa shape index (κ2) is 6.86. The van der Waals surface area contributed by atoms with Gasteiger partial charge in [-0.15, -0.1) is 0 Å². The number of benzene rings is 2. The molecule has 0 aliphatic carbocycles. The minimum Gasteiger partial charge on any atom is -0.495 e. The van der Waals surface area contributed by atoms with E-state index in [0.29, 0.717) is 37.3 Å². The van der Waals surface area contributed by atoms with Crippen molar-refractivity contribution in [3.8, 4) is 11.8 Å². The molecule has 0 amide bonds. The molecule has 1 N–H and O–H groups in total. The number of halogens is 3. The van der Waals surface area contributed by atoms with Gasteiger partial charge in [0.05, 0.1) is 34.0 Å². The number of fused-ring (bicyclic) bond motifs is 1. The quantitative estimate of drug-likeness (QED) is 0.531. The summed E-state index contributed by atoms with van der Waals surface area (Å²) in [5.74, 6) is 0.486. The average Bonchev–Trinajstić information content (AvgIpc) is 2.57. The van der Waals surface area contributed by atoms with Crippen LogP contribution in [0.15, 0.2) is 41.0 Å². The number of methoxy groups -OCH3 is 1. The summed E-state index contributed by atoms with van der Waals surface area (Å²) in [6.45, 7) is 0. The van der Waals surface area contributed by atoms with Crippen LogP contribution >= 0.6 is 39.1 Å². The number of aromatic nitrogens is 1. The molecule has 1 heterocycles. The molecule has 0 radical (unpaired) electrons. The van der Waals surface area contributed by atoms with Crippen molar-refractivity contribution in [3.05, 3.63) is 56.6 Å². The van der Waals surface area contributed by atoms with Gasteiger partial charge in [0.1, 0.15) is 22.0 Å². The lowest BCUT2D eigenvalue weighted by molar-refractivity contribution is 0.415. The third-order valence-electron chi connectivity index (χ3n) is 3.46. The van der Waals surface area contributed by atoms with Crippen LogP contribution in [-0.4, -0.2) is 12.1 Å². The van der Waals surface area contributed by atoms with E-state index in [1.165, 1.54) is 7.11 Å². The van der Waals surface area contributed by atoms with Crippen LogP contribution in [0.3, 0.4) is 0 Å². The lowest BCUT2D eigenvalue weighted by Gasteiger charge is -2.15. The van der Waals surface area contributed by atoms with Crippen molar-refractivity contribution in [1.29, 1.82) is 5.26 Å². The van der Waals surface area contributed by atoms with Gasteiger partial charge in [-0.25, -0.2) is 4.98 Å². The number of hydrogen-bond acceptors (Lipinski definition) is 4. The molecule has 3 rings (SSSR count). The molecule has 120 valence electrons. The molecule has 2 aromatic carbocycles. The van der Waals surface area contributed by atoms with Gasteiger partial charge in [-0.05, 0) is 28.1 Å². The Bertz CT molecular complexity index is 986. The number of rotatable bonds is 3. The number of ether oxygens (including phenoxy) is 1. The summed E-state index contributed by atoms with van der Waals surface area (Å²) >= 11 is 15.7. The molecule has 7 heteroatoms. The van der Waals surface area contributed by atoms with Gasteiger partial charge in [0.2, 0.25) is 0 Å². The summed E-state index contributed by atoms with van der Waals surface area (Å²) in [4.78, 5) is 4.39. The number of pyridine rings is 1. The second-order valence-electron chi connectivity index (χ2n) is 4.87. The Hall–Kier alpha value is -2.00. The number of anilines is 2. The third kappa shape index (κ3) is 3.01. The number of nitrogens with one attached hydrogen (secondary N) is 1. The number of nitrogens with zero attached hydrogens (tertiary/aromatic N) is 2. The number of hydrogen-bond donors (Lipinski definition) is 1. The van der Waals surface area contributed by atoms with Gasteiger partial charge in [-0.1, -0.05) is 41.4 Å². The standard InChI is InChI=1S/C17H10BrCl2N3O/c1-24-15-7-14(11(19)6-12(15)20)22-16-9-4-2-3-5-13(9)23-17(18)10(16)8-21/h2-7H,1H3,(H,22,23). The SMILES string of the molecule is COc1cc(Nc2c(C#N)c(Br)nc3ccccc23)c(Cl)cc1Cl. The Morgan fingerprint density at radius 2 is 1.96 bits per heavy atom. The van der Waals surface area contributed by atoms with Crippen LogP contribution in [0.25, 0.3) is 10.9 Å². The summed E-state index contributed by atoms with van der Waals surface area (Å²) in [5.41, 5.74) is 2.33. The minimum absolute atomic E-state index is 0.388. The van der Waals surface area contributed by atoms with Crippen molar-refractivity contribution in [3.63, 3.8) is 0 Å². The zero-order chi connectivity index (χ0) is 17.3. The van der Waals surface area contributed by atoms with E-state index in [9.17, 15) is 5.26 Å². The lowest BCUT2D eigenvalue weighted by atomic mass is 10.1. The molecular weight excluding hydrogens is 413 g/mol. The van der Waals surface area contributed by atoms with Crippen LogP contribution in [0.2, 0.25) is 10.0 Å². The molecule has 0 aliphatic rings. The highest BCUT2D eigenvalue weighted by molar-refractivity contribution is 9.10. The first-order chi connectivity index (χ1) is 11.5. The summed E-state index contributed by atoms with van der Waals surface area (Å²) in [6.07, 6.45) is 0. The summed E-state index contributed by atoms with van der Waals surface area (Å²) < 4.78 is 5.69. The molecule has 0 unspecified atom stereocenters. The maximum atomic E-state index is 9.51. The van der Waals surface area contributed by atoms with Crippen LogP contribution in [0.5, 0.6) is 5.75 Å². The van der Waals surface area contributed by atoms with Crippen molar-refractivity contribution >= 4 is 61.4 Å². The van der Waals surface area contributed by atoms with Gasteiger partial charge in [0.15, 0.2) is 0 Å². The normalized spacial score (nSPS) is 10.5.